The highest BCUT2D eigenvalue weighted by Crippen LogP contribution is 2.30. The van der Waals surface area contributed by atoms with E-state index in [1.165, 1.54) is 5.69 Å². The fourth-order valence-corrected chi connectivity index (χ4v) is 4.60. The van der Waals surface area contributed by atoms with Gasteiger partial charge in [0.1, 0.15) is 18.5 Å². The number of anilines is 4. The zero-order valence-corrected chi connectivity index (χ0v) is 20.7. The molecule has 0 unspecified atom stereocenters. The number of likely N-dealkylation sites (tertiary alicyclic amines) is 1. The van der Waals surface area contributed by atoms with Crippen LogP contribution in [0.15, 0.2) is 54.7 Å². The number of aliphatic hydroxyl groups excluding tert-OH is 1. The second-order valence-electron chi connectivity index (χ2n) is 9.15. The SMILES string of the molecule is Nc1cc(-c2ccnc(Nc3ccc(N4CCOCC4)cc3)n2)ccc1OC1CCN(C(=O)CO)CC1. The van der Waals surface area contributed by atoms with E-state index < -0.39 is 6.61 Å². The Morgan fingerprint density at radius 3 is 2.54 bits per heavy atom. The van der Waals surface area contributed by atoms with Crippen LogP contribution >= 0.6 is 0 Å². The van der Waals surface area contributed by atoms with Crippen LogP contribution < -0.4 is 20.7 Å². The molecule has 0 aliphatic carbocycles. The minimum Gasteiger partial charge on any atom is -0.488 e. The van der Waals surface area contributed by atoms with Crippen molar-refractivity contribution in [3.8, 4) is 17.0 Å². The fourth-order valence-electron chi connectivity index (χ4n) is 4.60. The molecule has 3 aromatic rings. The first-order valence-corrected chi connectivity index (χ1v) is 12.6. The van der Waals surface area contributed by atoms with Crippen LogP contribution in [0.25, 0.3) is 11.3 Å². The van der Waals surface area contributed by atoms with Crippen molar-refractivity contribution in [3.05, 3.63) is 54.7 Å². The number of carbonyl (C=O) groups is 1. The number of rotatable bonds is 7. The van der Waals surface area contributed by atoms with Crippen LogP contribution in [0.1, 0.15) is 12.8 Å². The second-order valence-corrected chi connectivity index (χ2v) is 9.15. The van der Waals surface area contributed by atoms with Gasteiger partial charge in [0, 0.05) is 62.2 Å². The molecule has 0 bridgehead atoms. The van der Waals surface area contributed by atoms with E-state index in [0.717, 1.165) is 43.2 Å². The minimum atomic E-state index is -0.457. The molecule has 5 rings (SSSR count). The van der Waals surface area contributed by atoms with E-state index in [9.17, 15) is 4.79 Å². The maximum atomic E-state index is 11.7. The topological polar surface area (TPSA) is 126 Å². The van der Waals surface area contributed by atoms with Gasteiger partial charge in [-0.05, 0) is 48.5 Å². The summed E-state index contributed by atoms with van der Waals surface area (Å²) in [5, 5.41) is 12.3. The van der Waals surface area contributed by atoms with Gasteiger partial charge in [-0.3, -0.25) is 4.79 Å². The van der Waals surface area contributed by atoms with Gasteiger partial charge in [0.25, 0.3) is 0 Å². The number of nitrogens with zero attached hydrogens (tertiary/aromatic N) is 4. The third kappa shape index (κ3) is 6.10. The van der Waals surface area contributed by atoms with Crippen molar-refractivity contribution in [2.45, 2.75) is 18.9 Å². The Bertz CT molecular complexity index is 1210. The molecule has 2 aliphatic rings. The zero-order chi connectivity index (χ0) is 25.6. The number of aliphatic hydroxyl groups is 1. The minimum absolute atomic E-state index is 0.0274. The lowest BCUT2D eigenvalue weighted by atomic mass is 10.1. The lowest BCUT2D eigenvalue weighted by Gasteiger charge is -2.32. The number of nitrogens with one attached hydrogen (secondary N) is 1. The number of amides is 1. The average Bonchev–Trinajstić information content (AvgIpc) is 2.95. The Morgan fingerprint density at radius 2 is 1.84 bits per heavy atom. The van der Waals surface area contributed by atoms with Crippen molar-refractivity contribution < 1.29 is 19.4 Å². The first-order chi connectivity index (χ1) is 18.1. The molecule has 2 fully saturated rings. The molecule has 4 N–H and O–H groups in total. The van der Waals surface area contributed by atoms with Crippen molar-refractivity contribution in [3.63, 3.8) is 0 Å². The van der Waals surface area contributed by atoms with Crippen LogP contribution in [0.5, 0.6) is 5.75 Å². The number of ether oxygens (including phenoxy) is 2. The second kappa shape index (κ2) is 11.4. The average molecular weight is 505 g/mol. The van der Waals surface area contributed by atoms with Crippen LogP contribution in [-0.4, -0.2) is 78.0 Å². The van der Waals surface area contributed by atoms with Gasteiger partial charge in [-0.25, -0.2) is 9.97 Å². The van der Waals surface area contributed by atoms with Crippen LogP contribution in [0.2, 0.25) is 0 Å². The normalized spacial score (nSPS) is 16.5. The maximum absolute atomic E-state index is 11.7. The van der Waals surface area contributed by atoms with Crippen molar-refractivity contribution >= 4 is 28.9 Å². The van der Waals surface area contributed by atoms with E-state index in [1.54, 1.807) is 11.1 Å². The van der Waals surface area contributed by atoms with Gasteiger partial charge in [-0.1, -0.05) is 0 Å². The summed E-state index contributed by atoms with van der Waals surface area (Å²) in [5.74, 6) is 0.870. The number of nitrogen functional groups attached to an aromatic ring is 1. The van der Waals surface area contributed by atoms with Gasteiger partial charge in [-0.15, -0.1) is 0 Å². The molecule has 0 spiro atoms. The van der Waals surface area contributed by atoms with E-state index in [1.807, 2.05) is 36.4 Å². The Hall–Kier alpha value is -3.89. The van der Waals surface area contributed by atoms with Crippen molar-refractivity contribution in [1.29, 1.82) is 0 Å². The molecule has 37 heavy (non-hydrogen) atoms. The predicted molar refractivity (Wildman–Crippen MR) is 142 cm³/mol. The summed E-state index contributed by atoms with van der Waals surface area (Å²) >= 11 is 0. The van der Waals surface area contributed by atoms with Gasteiger partial charge < -0.3 is 35.4 Å². The van der Waals surface area contributed by atoms with Crippen LogP contribution in [-0.2, 0) is 9.53 Å². The highest BCUT2D eigenvalue weighted by molar-refractivity contribution is 5.77. The number of morpholine rings is 1. The monoisotopic (exact) mass is 504 g/mol. The molecule has 2 saturated heterocycles. The summed E-state index contributed by atoms with van der Waals surface area (Å²) in [7, 11) is 0. The standard InChI is InChI=1S/C27H32N6O4/c28-23-17-19(1-6-25(23)37-22-8-11-33(12-9-22)26(35)18-34)24-7-10-29-27(31-24)30-20-2-4-21(5-3-20)32-13-15-36-16-14-32/h1-7,10,17,22,34H,8-9,11-16,18,28H2,(H,29,30,31). The summed E-state index contributed by atoms with van der Waals surface area (Å²) in [6.07, 6.45) is 3.08. The number of piperidine rings is 1. The highest BCUT2D eigenvalue weighted by Gasteiger charge is 2.24. The number of benzene rings is 2. The van der Waals surface area contributed by atoms with Gasteiger partial charge in [0.05, 0.1) is 24.6 Å². The zero-order valence-electron chi connectivity index (χ0n) is 20.7. The molecule has 3 heterocycles. The Labute approximate surface area is 216 Å². The number of nitrogens with two attached hydrogens (primary N) is 1. The molecule has 194 valence electrons. The predicted octanol–water partition coefficient (Wildman–Crippen LogP) is 2.67. The Balaban J connectivity index is 1.21. The van der Waals surface area contributed by atoms with Crippen LogP contribution in [0.4, 0.5) is 23.0 Å². The molecular weight excluding hydrogens is 472 g/mol. The molecule has 1 amide bonds. The van der Waals surface area contributed by atoms with E-state index in [-0.39, 0.29) is 12.0 Å². The summed E-state index contributed by atoms with van der Waals surface area (Å²) < 4.78 is 11.5. The van der Waals surface area contributed by atoms with E-state index in [4.69, 9.17) is 20.3 Å². The van der Waals surface area contributed by atoms with Crippen LogP contribution in [0, 0.1) is 0 Å². The number of aromatic nitrogens is 2. The third-order valence-electron chi connectivity index (χ3n) is 6.68. The van der Waals surface area contributed by atoms with Gasteiger partial charge in [0.15, 0.2) is 0 Å². The van der Waals surface area contributed by atoms with E-state index >= 15 is 0 Å². The lowest BCUT2D eigenvalue weighted by molar-refractivity contribution is -0.135. The molecule has 2 aliphatic heterocycles. The van der Waals surface area contributed by atoms with Gasteiger partial charge >= 0.3 is 0 Å². The quantitative estimate of drug-likeness (QED) is 0.416. The highest BCUT2D eigenvalue weighted by atomic mass is 16.5. The van der Waals surface area contributed by atoms with Crippen molar-refractivity contribution in [2.24, 2.45) is 0 Å². The molecule has 10 nitrogen and oxygen atoms in total. The smallest absolute Gasteiger partial charge is 0.248 e. The molecule has 0 atom stereocenters. The number of carbonyl (C=O) groups excluding carboxylic acids is 1. The summed E-state index contributed by atoms with van der Waals surface area (Å²) in [6.45, 7) is 3.98. The summed E-state index contributed by atoms with van der Waals surface area (Å²) in [6, 6.07) is 15.7. The Morgan fingerprint density at radius 1 is 1.08 bits per heavy atom. The molecule has 10 heteroatoms. The van der Waals surface area contributed by atoms with Crippen molar-refractivity contribution in [2.75, 3.05) is 62.0 Å². The van der Waals surface area contributed by atoms with Gasteiger partial charge in [0.2, 0.25) is 11.9 Å². The molecule has 0 saturated carbocycles. The lowest BCUT2D eigenvalue weighted by Crippen LogP contribution is -2.42. The first kappa shape index (κ1) is 24.8. The maximum Gasteiger partial charge on any atom is 0.248 e. The molecule has 0 radical (unpaired) electrons. The molecule has 1 aromatic heterocycles. The van der Waals surface area contributed by atoms with Crippen molar-refractivity contribution in [1.82, 2.24) is 14.9 Å². The van der Waals surface area contributed by atoms with E-state index in [2.05, 4.69) is 32.3 Å². The summed E-state index contributed by atoms with van der Waals surface area (Å²) in [5.41, 5.74) is 10.5. The number of hydrogen-bond acceptors (Lipinski definition) is 9. The largest absolute Gasteiger partial charge is 0.488 e. The molecular formula is C27H32N6O4. The Kier molecular flexibility index (Phi) is 7.67. The fraction of sp³-hybridized carbons (Fsp3) is 0.370. The first-order valence-electron chi connectivity index (χ1n) is 12.6. The summed E-state index contributed by atoms with van der Waals surface area (Å²) in [4.78, 5) is 24.7. The van der Waals surface area contributed by atoms with Gasteiger partial charge in [-0.2, -0.15) is 0 Å². The third-order valence-corrected chi connectivity index (χ3v) is 6.68. The molecule has 2 aromatic carbocycles. The van der Waals surface area contributed by atoms with E-state index in [0.29, 0.717) is 43.3 Å². The number of hydrogen-bond donors (Lipinski definition) is 3. The van der Waals surface area contributed by atoms with Crippen LogP contribution in [0.3, 0.4) is 0 Å².